The van der Waals surface area contributed by atoms with Crippen molar-refractivity contribution in [3.05, 3.63) is 66.2 Å². The van der Waals surface area contributed by atoms with Crippen LogP contribution in [0.2, 0.25) is 0 Å². The standard InChI is InChI=1S/C35H49N3O4/c1-2-33(40)38(31-19-12-7-13-20-31)35(23-26-37(27-24-35)25-22-29-15-8-6-9-16-29)34(41)42-28-14-21-32(39)36-30-17-10-4-3-5-11-18-30/h6-9,12-13,15-16,19-20,30H,2-5,10-11,14,17-18,21-28H2,1H3,(H,36,39). The van der Waals surface area contributed by atoms with Crippen LogP contribution in [0.3, 0.4) is 0 Å². The Labute approximate surface area is 252 Å². The van der Waals surface area contributed by atoms with Gasteiger partial charge in [-0.3, -0.25) is 14.5 Å². The predicted octanol–water partition coefficient (Wildman–Crippen LogP) is 6.06. The van der Waals surface area contributed by atoms with Crippen molar-refractivity contribution in [2.45, 2.75) is 102 Å². The topological polar surface area (TPSA) is 78.9 Å². The van der Waals surface area contributed by atoms with Crippen LogP contribution in [0.4, 0.5) is 5.69 Å². The number of hydrogen-bond acceptors (Lipinski definition) is 5. The van der Waals surface area contributed by atoms with Crippen molar-refractivity contribution in [1.82, 2.24) is 10.2 Å². The zero-order valence-electron chi connectivity index (χ0n) is 25.4. The normalized spacial score (nSPS) is 17.9. The van der Waals surface area contributed by atoms with Crippen molar-refractivity contribution in [2.75, 3.05) is 31.1 Å². The van der Waals surface area contributed by atoms with E-state index in [1.54, 1.807) is 4.90 Å². The largest absolute Gasteiger partial charge is 0.464 e. The van der Waals surface area contributed by atoms with Gasteiger partial charge in [-0.1, -0.05) is 87.6 Å². The Bertz CT molecular complexity index is 1110. The zero-order chi connectivity index (χ0) is 29.6. The van der Waals surface area contributed by atoms with E-state index in [0.717, 1.165) is 31.5 Å². The molecular formula is C35H49N3O4. The molecule has 2 aromatic rings. The summed E-state index contributed by atoms with van der Waals surface area (Å²) in [5.41, 5.74) is 0.940. The number of hydrogen-bond donors (Lipinski definition) is 1. The summed E-state index contributed by atoms with van der Waals surface area (Å²) in [6.45, 7) is 4.30. The first-order chi connectivity index (χ1) is 20.5. The number of nitrogens with one attached hydrogen (secondary N) is 1. The van der Waals surface area contributed by atoms with Crippen LogP contribution >= 0.6 is 0 Å². The van der Waals surface area contributed by atoms with Crippen LogP contribution in [0, 0.1) is 0 Å². The van der Waals surface area contributed by atoms with Crippen LogP contribution in [-0.4, -0.2) is 60.5 Å². The number of carbonyl (C=O) groups excluding carboxylic acids is 3. The highest BCUT2D eigenvalue weighted by atomic mass is 16.5. The molecule has 1 heterocycles. The van der Waals surface area contributed by atoms with Crippen LogP contribution in [-0.2, 0) is 25.5 Å². The minimum atomic E-state index is -1.07. The number of anilines is 1. The molecule has 4 rings (SSSR count). The van der Waals surface area contributed by atoms with Crippen molar-refractivity contribution in [3.8, 4) is 0 Å². The average Bonchev–Trinajstić information content (AvgIpc) is 3.01. The molecule has 42 heavy (non-hydrogen) atoms. The molecule has 2 amide bonds. The van der Waals surface area contributed by atoms with Crippen molar-refractivity contribution >= 4 is 23.5 Å². The summed E-state index contributed by atoms with van der Waals surface area (Å²) in [7, 11) is 0. The smallest absolute Gasteiger partial charge is 0.332 e. The number of benzene rings is 2. The van der Waals surface area contributed by atoms with Crippen LogP contribution in [0.25, 0.3) is 0 Å². The Balaban J connectivity index is 1.38. The second-order valence-corrected chi connectivity index (χ2v) is 11.9. The Morgan fingerprint density at radius 1 is 0.905 bits per heavy atom. The lowest BCUT2D eigenvalue weighted by molar-refractivity contribution is -0.154. The zero-order valence-corrected chi connectivity index (χ0v) is 25.4. The molecule has 2 aliphatic rings. The fourth-order valence-electron chi connectivity index (χ4n) is 6.39. The molecule has 0 bridgehead atoms. The number of amides is 2. The van der Waals surface area contributed by atoms with Gasteiger partial charge in [0.25, 0.3) is 0 Å². The van der Waals surface area contributed by atoms with Crippen molar-refractivity contribution in [1.29, 1.82) is 0 Å². The summed E-state index contributed by atoms with van der Waals surface area (Å²) in [6.07, 6.45) is 11.3. The van der Waals surface area contributed by atoms with Gasteiger partial charge in [-0.25, -0.2) is 4.79 Å². The number of carbonyl (C=O) groups is 3. The summed E-state index contributed by atoms with van der Waals surface area (Å²) >= 11 is 0. The van der Waals surface area contributed by atoms with Gasteiger partial charge in [0.1, 0.15) is 5.54 Å². The lowest BCUT2D eigenvalue weighted by Crippen LogP contribution is -2.63. The highest BCUT2D eigenvalue weighted by Crippen LogP contribution is 2.35. The van der Waals surface area contributed by atoms with E-state index in [9.17, 15) is 14.4 Å². The molecule has 1 saturated heterocycles. The molecule has 0 radical (unpaired) electrons. The maximum Gasteiger partial charge on any atom is 0.332 e. The van der Waals surface area contributed by atoms with Gasteiger partial charge >= 0.3 is 5.97 Å². The van der Waals surface area contributed by atoms with Crippen molar-refractivity contribution in [3.63, 3.8) is 0 Å². The summed E-state index contributed by atoms with van der Waals surface area (Å²) in [5, 5.41) is 3.20. The molecule has 0 aromatic heterocycles. The Hall–Kier alpha value is -3.19. The first kappa shape index (κ1) is 31.7. The van der Waals surface area contributed by atoms with Gasteiger partial charge in [0.2, 0.25) is 11.8 Å². The van der Waals surface area contributed by atoms with Gasteiger partial charge < -0.3 is 15.0 Å². The van der Waals surface area contributed by atoms with Crippen LogP contribution in [0.1, 0.15) is 89.5 Å². The van der Waals surface area contributed by atoms with Crippen LogP contribution in [0.5, 0.6) is 0 Å². The van der Waals surface area contributed by atoms with E-state index in [-0.39, 0.29) is 30.4 Å². The van der Waals surface area contributed by atoms with Crippen molar-refractivity contribution < 1.29 is 19.1 Å². The minimum absolute atomic E-state index is 0.0325. The fraction of sp³-hybridized carbons (Fsp3) is 0.571. The van der Waals surface area contributed by atoms with Gasteiger partial charge in [-0.15, -0.1) is 0 Å². The molecular weight excluding hydrogens is 526 g/mol. The Morgan fingerprint density at radius 2 is 1.52 bits per heavy atom. The molecule has 2 aromatic carbocycles. The molecule has 1 aliphatic heterocycles. The Morgan fingerprint density at radius 3 is 2.17 bits per heavy atom. The van der Waals surface area contributed by atoms with E-state index >= 15 is 0 Å². The third-order valence-corrected chi connectivity index (χ3v) is 8.87. The van der Waals surface area contributed by atoms with E-state index in [2.05, 4.69) is 34.5 Å². The minimum Gasteiger partial charge on any atom is -0.464 e. The number of likely N-dealkylation sites (tertiary alicyclic amines) is 1. The van der Waals surface area contributed by atoms with Crippen LogP contribution < -0.4 is 10.2 Å². The third-order valence-electron chi connectivity index (χ3n) is 8.87. The van der Waals surface area contributed by atoms with Gasteiger partial charge in [-0.05, 0) is 56.2 Å². The molecule has 228 valence electrons. The molecule has 0 atom stereocenters. The van der Waals surface area contributed by atoms with E-state index in [1.165, 1.54) is 37.7 Å². The molecule has 1 N–H and O–H groups in total. The van der Waals surface area contributed by atoms with Crippen molar-refractivity contribution in [2.24, 2.45) is 0 Å². The summed E-state index contributed by atoms with van der Waals surface area (Å²) in [5.74, 6) is -0.420. The first-order valence-electron chi connectivity index (χ1n) is 16.1. The molecule has 2 fully saturated rings. The molecule has 7 heteroatoms. The lowest BCUT2D eigenvalue weighted by Gasteiger charge is -2.46. The average molecular weight is 576 g/mol. The second kappa shape index (κ2) is 16.4. The van der Waals surface area contributed by atoms with Gasteiger partial charge in [0.05, 0.1) is 6.61 Å². The highest BCUT2D eigenvalue weighted by Gasteiger charge is 2.50. The number of ether oxygens (including phenoxy) is 1. The number of esters is 1. The lowest BCUT2D eigenvalue weighted by atomic mass is 9.84. The molecule has 0 unspecified atom stereocenters. The maximum absolute atomic E-state index is 13.9. The number of rotatable bonds is 12. The molecule has 1 saturated carbocycles. The summed E-state index contributed by atoms with van der Waals surface area (Å²) in [4.78, 5) is 44.1. The maximum atomic E-state index is 13.9. The van der Waals surface area contributed by atoms with Crippen LogP contribution in [0.15, 0.2) is 60.7 Å². The fourth-order valence-corrected chi connectivity index (χ4v) is 6.39. The monoisotopic (exact) mass is 575 g/mol. The second-order valence-electron chi connectivity index (χ2n) is 11.9. The number of para-hydroxylation sites is 1. The summed E-state index contributed by atoms with van der Waals surface area (Å²) < 4.78 is 5.89. The predicted molar refractivity (Wildman–Crippen MR) is 167 cm³/mol. The van der Waals surface area contributed by atoms with Gasteiger partial charge in [-0.2, -0.15) is 0 Å². The van der Waals surface area contributed by atoms with E-state index in [0.29, 0.717) is 45.2 Å². The third kappa shape index (κ3) is 8.90. The van der Waals surface area contributed by atoms with E-state index in [1.807, 2.05) is 43.3 Å². The molecule has 7 nitrogen and oxygen atoms in total. The highest BCUT2D eigenvalue weighted by molar-refractivity contribution is 6.02. The Kier molecular flexibility index (Phi) is 12.4. The molecule has 1 aliphatic carbocycles. The summed E-state index contributed by atoms with van der Waals surface area (Å²) in [6, 6.07) is 20.2. The SMILES string of the molecule is CCC(=O)N(c1ccccc1)C1(C(=O)OCCCC(=O)NC2CCCCCCC2)CCN(CCc2ccccc2)CC1. The number of piperidine rings is 1. The van der Waals surface area contributed by atoms with E-state index in [4.69, 9.17) is 4.74 Å². The quantitative estimate of drug-likeness (QED) is 0.246. The van der Waals surface area contributed by atoms with Gasteiger partial charge in [0.15, 0.2) is 0 Å². The van der Waals surface area contributed by atoms with Gasteiger partial charge in [0, 0.05) is 44.2 Å². The van der Waals surface area contributed by atoms with E-state index < -0.39 is 5.54 Å². The first-order valence-corrected chi connectivity index (χ1v) is 16.1. The molecule has 0 spiro atoms. The number of nitrogens with zero attached hydrogens (tertiary/aromatic N) is 2.